The molecule has 0 heterocycles. The minimum atomic E-state index is -3.63. The molecular formula is C33H42ClN3O4S. The zero-order valence-electron chi connectivity index (χ0n) is 25.1. The average Bonchev–Trinajstić information content (AvgIpc) is 2.94. The van der Waals surface area contributed by atoms with Crippen LogP contribution in [-0.2, 0) is 32.6 Å². The first-order valence-electron chi connectivity index (χ1n) is 14.3. The van der Waals surface area contributed by atoms with Crippen LogP contribution >= 0.6 is 11.6 Å². The maximum Gasteiger partial charge on any atom is 0.243 e. The van der Waals surface area contributed by atoms with Crippen LogP contribution in [0.2, 0.25) is 5.02 Å². The number of hydrogen-bond acceptors (Lipinski definition) is 4. The van der Waals surface area contributed by atoms with Crippen LogP contribution in [0.15, 0.2) is 72.8 Å². The summed E-state index contributed by atoms with van der Waals surface area (Å²) in [7, 11) is -3.63. The summed E-state index contributed by atoms with van der Waals surface area (Å²) in [4.78, 5) is 29.2. The summed E-state index contributed by atoms with van der Waals surface area (Å²) in [5.74, 6) is -0.169. The third kappa shape index (κ3) is 9.88. The Morgan fingerprint density at radius 3 is 2.21 bits per heavy atom. The van der Waals surface area contributed by atoms with Gasteiger partial charge in [0.1, 0.15) is 6.04 Å². The van der Waals surface area contributed by atoms with Gasteiger partial charge in [-0.15, -0.1) is 0 Å². The molecule has 2 amide bonds. The van der Waals surface area contributed by atoms with Crippen molar-refractivity contribution in [3.05, 3.63) is 100 Å². The number of anilines is 1. The van der Waals surface area contributed by atoms with Crippen molar-refractivity contribution in [2.24, 2.45) is 5.92 Å². The van der Waals surface area contributed by atoms with E-state index in [0.717, 1.165) is 28.5 Å². The van der Waals surface area contributed by atoms with Gasteiger partial charge in [-0.25, -0.2) is 8.42 Å². The fourth-order valence-corrected chi connectivity index (χ4v) is 5.88. The van der Waals surface area contributed by atoms with E-state index in [1.165, 1.54) is 4.31 Å². The Bertz CT molecular complexity index is 1440. The Morgan fingerprint density at radius 1 is 0.929 bits per heavy atom. The number of nitrogens with one attached hydrogen (secondary N) is 1. The van der Waals surface area contributed by atoms with Crippen LogP contribution < -0.4 is 9.62 Å². The molecule has 0 aromatic heterocycles. The highest BCUT2D eigenvalue weighted by atomic mass is 35.5. The summed E-state index contributed by atoms with van der Waals surface area (Å²) in [6.45, 7) is 8.73. The van der Waals surface area contributed by atoms with Gasteiger partial charge in [0.05, 0.1) is 11.9 Å². The monoisotopic (exact) mass is 611 g/mol. The van der Waals surface area contributed by atoms with Crippen molar-refractivity contribution in [1.82, 2.24) is 10.2 Å². The summed E-state index contributed by atoms with van der Waals surface area (Å²) in [5.41, 5.74) is 4.22. The lowest BCUT2D eigenvalue weighted by molar-refractivity contribution is -0.141. The molecule has 0 bridgehead atoms. The molecule has 42 heavy (non-hydrogen) atoms. The maximum absolute atomic E-state index is 13.9. The van der Waals surface area contributed by atoms with Crippen molar-refractivity contribution in [2.75, 3.05) is 23.7 Å². The van der Waals surface area contributed by atoms with E-state index in [4.69, 9.17) is 11.6 Å². The standard InChI is InChI=1S/C33H42ClN3O4S/c1-24(2)22-35-33(39)31(20-27-10-7-6-8-11-27)36(23-28-16-13-25(3)14-17-28)32(38)12-9-19-37(42(5,40)41)30-21-29(34)18-15-26(30)4/h6-8,10-11,13-18,21,24,31H,9,12,19-20,22-23H2,1-5H3,(H,35,39)/t31-/m1/s1. The molecular weight excluding hydrogens is 570 g/mol. The molecule has 1 N–H and O–H groups in total. The molecule has 3 aromatic rings. The summed E-state index contributed by atoms with van der Waals surface area (Å²) >= 11 is 6.18. The SMILES string of the molecule is Cc1ccc(CN(C(=O)CCCN(c2cc(Cl)ccc2C)S(C)(=O)=O)[C@H](Cc2ccccc2)C(=O)NCC(C)C)cc1. The predicted molar refractivity (Wildman–Crippen MR) is 171 cm³/mol. The molecule has 0 unspecified atom stereocenters. The van der Waals surface area contributed by atoms with E-state index in [-0.39, 0.29) is 43.7 Å². The second-order valence-corrected chi connectivity index (χ2v) is 13.6. The molecule has 0 radical (unpaired) electrons. The normalized spacial score (nSPS) is 12.2. The van der Waals surface area contributed by atoms with Gasteiger partial charge in [-0.05, 0) is 55.0 Å². The molecule has 1 atom stereocenters. The van der Waals surface area contributed by atoms with Crippen LogP contribution in [0, 0.1) is 19.8 Å². The number of nitrogens with zero attached hydrogens (tertiary/aromatic N) is 2. The summed E-state index contributed by atoms with van der Waals surface area (Å²) < 4.78 is 26.8. The van der Waals surface area contributed by atoms with E-state index < -0.39 is 16.1 Å². The summed E-state index contributed by atoms with van der Waals surface area (Å²) in [6, 6.07) is 21.9. The first-order chi connectivity index (χ1) is 19.8. The van der Waals surface area contributed by atoms with E-state index in [9.17, 15) is 18.0 Å². The molecule has 0 aliphatic carbocycles. The second-order valence-electron chi connectivity index (χ2n) is 11.2. The quantitative estimate of drug-likeness (QED) is 0.245. The van der Waals surface area contributed by atoms with E-state index in [1.54, 1.807) is 23.1 Å². The summed E-state index contributed by atoms with van der Waals surface area (Å²) in [5, 5.41) is 3.46. The molecule has 0 aliphatic heterocycles. The van der Waals surface area contributed by atoms with Crippen LogP contribution in [0.1, 0.15) is 48.9 Å². The first-order valence-corrected chi connectivity index (χ1v) is 16.5. The van der Waals surface area contributed by atoms with Crippen LogP contribution in [-0.4, -0.2) is 50.5 Å². The van der Waals surface area contributed by atoms with Crippen molar-refractivity contribution < 1.29 is 18.0 Å². The smallest absolute Gasteiger partial charge is 0.243 e. The van der Waals surface area contributed by atoms with Crippen LogP contribution in [0.5, 0.6) is 0 Å². The number of sulfonamides is 1. The van der Waals surface area contributed by atoms with Gasteiger partial charge in [-0.1, -0.05) is 91.7 Å². The van der Waals surface area contributed by atoms with Gasteiger partial charge in [-0.2, -0.15) is 0 Å². The number of carbonyl (C=O) groups excluding carboxylic acids is 2. The zero-order valence-corrected chi connectivity index (χ0v) is 26.7. The Labute approximate surface area is 255 Å². The highest BCUT2D eigenvalue weighted by Gasteiger charge is 2.30. The van der Waals surface area contributed by atoms with Crippen molar-refractivity contribution in [3.8, 4) is 0 Å². The Morgan fingerprint density at radius 2 is 1.60 bits per heavy atom. The van der Waals surface area contributed by atoms with Gasteiger partial charge in [0.2, 0.25) is 21.8 Å². The lowest BCUT2D eigenvalue weighted by Crippen LogP contribution is -2.51. The van der Waals surface area contributed by atoms with E-state index >= 15 is 0 Å². The van der Waals surface area contributed by atoms with Crippen LogP contribution in [0.25, 0.3) is 0 Å². The molecule has 0 saturated carbocycles. The Balaban J connectivity index is 1.89. The first kappa shape index (κ1) is 33.1. The van der Waals surface area contributed by atoms with Gasteiger partial charge in [-0.3, -0.25) is 13.9 Å². The minimum absolute atomic E-state index is 0.0697. The molecule has 7 nitrogen and oxygen atoms in total. The summed E-state index contributed by atoms with van der Waals surface area (Å²) in [6.07, 6.45) is 1.85. The van der Waals surface area contributed by atoms with Gasteiger partial charge in [0.15, 0.2) is 0 Å². The van der Waals surface area contributed by atoms with Crippen LogP contribution in [0.4, 0.5) is 5.69 Å². The number of rotatable bonds is 14. The fraction of sp³-hybridized carbons (Fsp3) is 0.394. The number of benzene rings is 3. The molecule has 226 valence electrons. The van der Waals surface area contributed by atoms with Crippen LogP contribution in [0.3, 0.4) is 0 Å². The molecule has 0 fully saturated rings. The Hall–Kier alpha value is -3.36. The topological polar surface area (TPSA) is 86.8 Å². The molecule has 3 aromatic carbocycles. The molecule has 0 spiro atoms. The third-order valence-corrected chi connectivity index (χ3v) is 8.44. The number of amides is 2. The van der Waals surface area contributed by atoms with E-state index in [2.05, 4.69) is 5.32 Å². The molecule has 9 heteroatoms. The number of carbonyl (C=O) groups is 2. The Kier molecular flexibility index (Phi) is 12.0. The van der Waals surface area contributed by atoms with E-state index in [0.29, 0.717) is 23.7 Å². The van der Waals surface area contributed by atoms with Gasteiger partial charge < -0.3 is 10.2 Å². The lowest BCUT2D eigenvalue weighted by Gasteiger charge is -2.32. The van der Waals surface area contributed by atoms with E-state index in [1.807, 2.05) is 82.3 Å². The average molecular weight is 612 g/mol. The molecule has 3 rings (SSSR count). The third-order valence-electron chi connectivity index (χ3n) is 7.02. The van der Waals surface area contributed by atoms with Crippen molar-refractivity contribution in [2.45, 2.75) is 59.5 Å². The largest absolute Gasteiger partial charge is 0.354 e. The second kappa shape index (κ2) is 15.2. The fourth-order valence-electron chi connectivity index (χ4n) is 4.70. The lowest BCUT2D eigenvalue weighted by atomic mass is 10.0. The van der Waals surface area contributed by atoms with Crippen molar-refractivity contribution in [1.29, 1.82) is 0 Å². The van der Waals surface area contributed by atoms with Gasteiger partial charge in [0.25, 0.3) is 0 Å². The van der Waals surface area contributed by atoms with Gasteiger partial charge >= 0.3 is 0 Å². The van der Waals surface area contributed by atoms with Crippen molar-refractivity contribution in [3.63, 3.8) is 0 Å². The highest BCUT2D eigenvalue weighted by molar-refractivity contribution is 7.92. The molecule has 0 aliphatic rings. The number of halogens is 1. The minimum Gasteiger partial charge on any atom is -0.354 e. The predicted octanol–water partition coefficient (Wildman–Crippen LogP) is 5.92. The number of hydrogen-bond donors (Lipinski definition) is 1. The zero-order chi connectivity index (χ0) is 30.9. The van der Waals surface area contributed by atoms with Crippen molar-refractivity contribution >= 4 is 39.1 Å². The maximum atomic E-state index is 13.9. The van der Waals surface area contributed by atoms with Gasteiger partial charge in [0, 0.05) is 37.5 Å². The number of aryl methyl sites for hydroxylation is 2. The highest BCUT2D eigenvalue weighted by Crippen LogP contribution is 2.27. The molecule has 0 saturated heterocycles.